The zero-order valence-electron chi connectivity index (χ0n) is 14.2. The van der Waals surface area contributed by atoms with Gasteiger partial charge in [0.15, 0.2) is 0 Å². The average Bonchev–Trinajstić information content (AvgIpc) is 2.36. The molecule has 1 atom stereocenters. The van der Waals surface area contributed by atoms with Crippen LogP contribution in [0.1, 0.15) is 78.6 Å². The Morgan fingerprint density at radius 2 is 1.37 bits per heavy atom. The van der Waals surface area contributed by atoms with Crippen LogP contribution < -0.4 is 5.32 Å². The molecule has 0 radical (unpaired) electrons. The van der Waals surface area contributed by atoms with Crippen LogP contribution in [-0.2, 0) is 0 Å². The summed E-state index contributed by atoms with van der Waals surface area (Å²) in [6, 6.07) is 1.39. The van der Waals surface area contributed by atoms with E-state index in [-0.39, 0.29) is 0 Å². The number of rotatable bonds is 13. The molecule has 2 heteroatoms. The van der Waals surface area contributed by atoms with E-state index in [0.717, 1.165) is 6.04 Å². The lowest BCUT2D eigenvalue weighted by Crippen LogP contribution is -2.38. The fourth-order valence-electron chi connectivity index (χ4n) is 2.53. The molecule has 1 unspecified atom stereocenters. The summed E-state index contributed by atoms with van der Waals surface area (Å²) in [4.78, 5) is 2.28. The minimum absolute atomic E-state index is 0.649. The molecule has 1 N–H and O–H groups in total. The van der Waals surface area contributed by atoms with E-state index in [1.54, 1.807) is 0 Å². The Hall–Kier alpha value is -0.0800. The zero-order valence-corrected chi connectivity index (χ0v) is 14.2. The Kier molecular flexibility index (Phi) is 12.9. The summed E-state index contributed by atoms with van der Waals surface area (Å²) in [7, 11) is 4.32. The van der Waals surface area contributed by atoms with Gasteiger partial charge in [0.25, 0.3) is 0 Å². The molecule has 0 saturated heterocycles. The highest BCUT2D eigenvalue weighted by atomic mass is 15.1. The summed E-state index contributed by atoms with van der Waals surface area (Å²) >= 11 is 0. The quantitative estimate of drug-likeness (QED) is 0.498. The van der Waals surface area contributed by atoms with E-state index >= 15 is 0 Å². The van der Waals surface area contributed by atoms with Crippen LogP contribution in [0.15, 0.2) is 0 Å². The molecule has 19 heavy (non-hydrogen) atoms. The molecule has 0 rings (SSSR count). The summed E-state index contributed by atoms with van der Waals surface area (Å²) in [5.41, 5.74) is 0. The first-order valence-electron chi connectivity index (χ1n) is 8.50. The third-order valence-electron chi connectivity index (χ3n) is 3.84. The Balaban J connectivity index is 3.92. The molecule has 0 aliphatic rings. The standard InChI is InChI=1S/C17H38N2/c1-6-8-10-12-17(13-11-9-7-2)18-16(3)14-15-19(4)5/h16-18H,6-15H2,1-5H3. The van der Waals surface area contributed by atoms with Gasteiger partial charge in [-0.1, -0.05) is 52.4 Å². The second kappa shape index (κ2) is 12.9. The summed E-state index contributed by atoms with van der Waals surface area (Å²) in [6.45, 7) is 8.11. The van der Waals surface area contributed by atoms with Gasteiger partial charge in [0.05, 0.1) is 0 Å². The lowest BCUT2D eigenvalue weighted by molar-refractivity contribution is 0.328. The maximum absolute atomic E-state index is 3.86. The van der Waals surface area contributed by atoms with E-state index in [1.807, 2.05) is 0 Å². The van der Waals surface area contributed by atoms with E-state index in [0.29, 0.717) is 6.04 Å². The van der Waals surface area contributed by atoms with E-state index in [1.165, 1.54) is 64.3 Å². The number of nitrogens with zero attached hydrogens (tertiary/aromatic N) is 1. The van der Waals surface area contributed by atoms with Crippen molar-refractivity contribution in [2.45, 2.75) is 90.6 Å². The molecular formula is C17H38N2. The minimum atomic E-state index is 0.649. The molecule has 0 aliphatic carbocycles. The molecule has 116 valence electrons. The highest BCUT2D eigenvalue weighted by Crippen LogP contribution is 2.12. The van der Waals surface area contributed by atoms with Crippen molar-refractivity contribution in [1.82, 2.24) is 10.2 Å². The number of unbranched alkanes of at least 4 members (excludes halogenated alkanes) is 4. The van der Waals surface area contributed by atoms with Gasteiger partial charge in [-0.3, -0.25) is 0 Å². The predicted molar refractivity (Wildman–Crippen MR) is 87.8 cm³/mol. The zero-order chi connectivity index (χ0) is 14.5. The van der Waals surface area contributed by atoms with Crippen molar-refractivity contribution >= 4 is 0 Å². The third-order valence-corrected chi connectivity index (χ3v) is 3.84. The van der Waals surface area contributed by atoms with Crippen LogP contribution in [0.5, 0.6) is 0 Å². The molecule has 0 aromatic rings. The van der Waals surface area contributed by atoms with Gasteiger partial charge in [0.1, 0.15) is 0 Å². The van der Waals surface area contributed by atoms with Gasteiger partial charge in [0, 0.05) is 12.1 Å². The molecular weight excluding hydrogens is 232 g/mol. The highest BCUT2D eigenvalue weighted by Gasteiger charge is 2.11. The number of hydrogen-bond donors (Lipinski definition) is 1. The smallest absolute Gasteiger partial charge is 0.00695 e. The van der Waals surface area contributed by atoms with Crippen molar-refractivity contribution in [3.63, 3.8) is 0 Å². The first kappa shape index (κ1) is 18.9. The van der Waals surface area contributed by atoms with Gasteiger partial charge < -0.3 is 10.2 Å². The molecule has 0 spiro atoms. The maximum atomic E-state index is 3.86. The van der Waals surface area contributed by atoms with Crippen LogP contribution >= 0.6 is 0 Å². The Bertz CT molecular complexity index is 170. The Morgan fingerprint density at radius 3 is 1.79 bits per heavy atom. The summed E-state index contributed by atoms with van der Waals surface area (Å²) < 4.78 is 0. The molecule has 0 heterocycles. The normalized spacial score (nSPS) is 13.4. The van der Waals surface area contributed by atoms with Crippen molar-refractivity contribution in [1.29, 1.82) is 0 Å². The molecule has 0 bridgehead atoms. The number of nitrogens with one attached hydrogen (secondary N) is 1. The van der Waals surface area contributed by atoms with E-state index < -0.39 is 0 Å². The predicted octanol–water partition coefficient (Wildman–Crippen LogP) is 4.45. The van der Waals surface area contributed by atoms with Gasteiger partial charge >= 0.3 is 0 Å². The van der Waals surface area contributed by atoms with E-state index in [2.05, 4.69) is 45.1 Å². The van der Waals surface area contributed by atoms with Crippen LogP contribution in [0.2, 0.25) is 0 Å². The van der Waals surface area contributed by atoms with Crippen LogP contribution in [0.3, 0.4) is 0 Å². The number of hydrogen-bond acceptors (Lipinski definition) is 2. The van der Waals surface area contributed by atoms with Gasteiger partial charge in [-0.2, -0.15) is 0 Å². The van der Waals surface area contributed by atoms with E-state index in [9.17, 15) is 0 Å². The van der Waals surface area contributed by atoms with Crippen molar-refractivity contribution in [3.8, 4) is 0 Å². The second-order valence-electron chi connectivity index (χ2n) is 6.35. The SMILES string of the molecule is CCCCCC(CCCCC)NC(C)CCN(C)C. The first-order valence-corrected chi connectivity index (χ1v) is 8.50. The van der Waals surface area contributed by atoms with Crippen molar-refractivity contribution in [3.05, 3.63) is 0 Å². The van der Waals surface area contributed by atoms with Crippen LogP contribution in [-0.4, -0.2) is 37.6 Å². The van der Waals surface area contributed by atoms with Gasteiger partial charge in [0.2, 0.25) is 0 Å². The molecule has 2 nitrogen and oxygen atoms in total. The molecule has 0 amide bonds. The van der Waals surface area contributed by atoms with Crippen molar-refractivity contribution in [2.75, 3.05) is 20.6 Å². The second-order valence-corrected chi connectivity index (χ2v) is 6.35. The van der Waals surface area contributed by atoms with Gasteiger partial charge in [-0.15, -0.1) is 0 Å². The van der Waals surface area contributed by atoms with Gasteiger partial charge in [-0.25, -0.2) is 0 Å². The van der Waals surface area contributed by atoms with Crippen molar-refractivity contribution < 1.29 is 0 Å². The monoisotopic (exact) mass is 270 g/mol. The Morgan fingerprint density at radius 1 is 0.842 bits per heavy atom. The maximum Gasteiger partial charge on any atom is 0.00695 e. The summed E-state index contributed by atoms with van der Waals surface area (Å²) in [5.74, 6) is 0. The molecule has 0 aliphatic heterocycles. The fourth-order valence-corrected chi connectivity index (χ4v) is 2.53. The van der Waals surface area contributed by atoms with Gasteiger partial charge in [-0.05, 0) is 46.8 Å². The lowest BCUT2D eigenvalue weighted by Gasteiger charge is -2.24. The summed E-state index contributed by atoms with van der Waals surface area (Å²) in [5, 5.41) is 3.86. The topological polar surface area (TPSA) is 15.3 Å². The van der Waals surface area contributed by atoms with Crippen LogP contribution in [0.4, 0.5) is 0 Å². The van der Waals surface area contributed by atoms with Crippen LogP contribution in [0, 0.1) is 0 Å². The Labute approximate surface area is 122 Å². The molecule has 0 saturated carbocycles. The van der Waals surface area contributed by atoms with Crippen molar-refractivity contribution in [2.24, 2.45) is 0 Å². The highest BCUT2D eigenvalue weighted by molar-refractivity contribution is 4.72. The largest absolute Gasteiger partial charge is 0.311 e. The summed E-state index contributed by atoms with van der Waals surface area (Å²) in [6.07, 6.45) is 12.2. The van der Waals surface area contributed by atoms with E-state index in [4.69, 9.17) is 0 Å². The minimum Gasteiger partial charge on any atom is -0.311 e. The molecule has 0 fully saturated rings. The molecule has 0 aromatic heterocycles. The lowest BCUT2D eigenvalue weighted by atomic mass is 10.0. The molecule has 0 aromatic carbocycles. The van der Waals surface area contributed by atoms with Crippen LogP contribution in [0.25, 0.3) is 0 Å². The average molecular weight is 271 g/mol. The first-order chi connectivity index (χ1) is 9.10. The fraction of sp³-hybridized carbons (Fsp3) is 1.00. The third kappa shape index (κ3) is 12.7.